The van der Waals surface area contributed by atoms with Gasteiger partial charge >= 0.3 is 0 Å². The van der Waals surface area contributed by atoms with Crippen LogP contribution < -0.4 is 14.8 Å². The van der Waals surface area contributed by atoms with Gasteiger partial charge in [-0.2, -0.15) is 0 Å². The Kier molecular flexibility index (Phi) is 5.51. The first-order valence-corrected chi connectivity index (χ1v) is 7.99. The fourth-order valence-electron chi connectivity index (χ4n) is 3.62. The van der Waals surface area contributed by atoms with Crippen molar-refractivity contribution in [3.05, 3.63) is 23.8 Å². The summed E-state index contributed by atoms with van der Waals surface area (Å²) in [5.74, 6) is 4.12. The zero-order valence-electron chi connectivity index (χ0n) is 14.0. The Hall–Kier alpha value is -1.22. The van der Waals surface area contributed by atoms with Crippen molar-refractivity contribution in [2.24, 2.45) is 17.8 Å². The summed E-state index contributed by atoms with van der Waals surface area (Å²) in [7, 11) is 5.50. The summed E-state index contributed by atoms with van der Waals surface area (Å²) in [5.41, 5.74) is 1.21. The maximum absolute atomic E-state index is 5.57. The Morgan fingerprint density at radius 2 is 1.86 bits per heavy atom. The molecule has 0 aliphatic heterocycles. The van der Waals surface area contributed by atoms with Crippen molar-refractivity contribution in [3.63, 3.8) is 0 Å². The van der Waals surface area contributed by atoms with Gasteiger partial charge in [0.15, 0.2) is 0 Å². The lowest BCUT2D eigenvalue weighted by molar-refractivity contribution is 0.173. The lowest BCUT2D eigenvalue weighted by atomic mass is 9.72. The number of hydrogen-bond acceptors (Lipinski definition) is 3. The van der Waals surface area contributed by atoms with Gasteiger partial charge in [0.2, 0.25) is 0 Å². The van der Waals surface area contributed by atoms with Crippen LogP contribution in [0.15, 0.2) is 18.2 Å². The molecule has 0 heterocycles. The zero-order chi connectivity index (χ0) is 15.4. The van der Waals surface area contributed by atoms with Gasteiger partial charge in [-0.15, -0.1) is 0 Å². The van der Waals surface area contributed by atoms with Gasteiger partial charge in [0, 0.05) is 11.6 Å². The van der Waals surface area contributed by atoms with E-state index in [9.17, 15) is 0 Å². The van der Waals surface area contributed by atoms with Crippen molar-refractivity contribution in [1.29, 1.82) is 0 Å². The third-order valence-electron chi connectivity index (χ3n) is 5.19. The first-order valence-electron chi connectivity index (χ1n) is 7.99. The number of benzene rings is 1. The summed E-state index contributed by atoms with van der Waals surface area (Å²) >= 11 is 0. The summed E-state index contributed by atoms with van der Waals surface area (Å²) in [6, 6.07) is 6.40. The molecule has 21 heavy (non-hydrogen) atoms. The molecule has 2 rings (SSSR count). The second kappa shape index (κ2) is 7.17. The number of nitrogens with one attached hydrogen (secondary N) is 1. The van der Waals surface area contributed by atoms with Crippen LogP contribution in [0.5, 0.6) is 11.5 Å². The Labute approximate surface area is 129 Å². The van der Waals surface area contributed by atoms with Gasteiger partial charge in [-0.1, -0.05) is 20.3 Å². The molecule has 1 saturated carbocycles. The molecule has 4 unspecified atom stereocenters. The van der Waals surface area contributed by atoms with E-state index in [1.807, 2.05) is 19.2 Å². The number of rotatable bonds is 5. The highest BCUT2D eigenvalue weighted by Crippen LogP contribution is 2.42. The van der Waals surface area contributed by atoms with Crippen LogP contribution in [0.1, 0.15) is 44.7 Å². The molecule has 3 heteroatoms. The van der Waals surface area contributed by atoms with Crippen LogP contribution in [0, 0.1) is 17.8 Å². The Morgan fingerprint density at radius 3 is 2.43 bits per heavy atom. The molecule has 0 spiro atoms. The molecule has 1 aromatic carbocycles. The SMILES string of the molecule is CNC(c1cc(OC)ccc1OC)C1CCC(C)C(C)C1. The van der Waals surface area contributed by atoms with E-state index in [2.05, 4.69) is 25.2 Å². The zero-order valence-corrected chi connectivity index (χ0v) is 14.0. The van der Waals surface area contributed by atoms with Gasteiger partial charge in [0.25, 0.3) is 0 Å². The molecular weight excluding hydrogens is 262 g/mol. The molecule has 3 nitrogen and oxygen atoms in total. The molecule has 0 saturated heterocycles. The van der Waals surface area contributed by atoms with Crippen LogP contribution in [0.3, 0.4) is 0 Å². The molecular formula is C18H29NO2. The van der Waals surface area contributed by atoms with E-state index in [1.165, 1.54) is 24.8 Å². The van der Waals surface area contributed by atoms with Gasteiger partial charge in [-0.25, -0.2) is 0 Å². The van der Waals surface area contributed by atoms with Crippen LogP contribution >= 0.6 is 0 Å². The fourth-order valence-corrected chi connectivity index (χ4v) is 3.62. The maximum Gasteiger partial charge on any atom is 0.123 e. The molecule has 0 bridgehead atoms. The molecule has 118 valence electrons. The van der Waals surface area contributed by atoms with E-state index in [1.54, 1.807) is 14.2 Å². The van der Waals surface area contributed by atoms with Gasteiger partial charge in [0.05, 0.1) is 14.2 Å². The molecule has 1 aliphatic carbocycles. The predicted octanol–water partition coefficient (Wildman–Crippen LogP) is 4.04. The molecule has 0 amide bonds. The largest absolute Gasteiger partial charge is 0.497 e. The number of hydrogen-bond donors (Lipinski definition) is 1. The summed E-state index contributed by atoms with van der Waals surface area (Å²) in [4.78, 5) is 0. The summed E-state index contributed by atoms with van der Waals surface area (Å²) in [5, 5.41) is 3.51. The first kappa shape index (κ1) is 16.2. The van der Waals surface area contributed by atoms with E-state index < -0.39 is 0 Å². The second-order valence-corrected chi connectivity index (χ2v) is 6.40. The Bertz CT molecular complexity index is 461. The van der Waals surface area contributed by atoms with Gasteiger partial charge in [0.1, 0.15) is 11.5 Å². The molecule has 4 atom stereocenters. The maximum atomic E-state index is 5.57. The van der Waals surface area contributed by atoms with Crippen molar-refractivity contribution in [1.82, 2.24) is 5.32 Å². The standard InChI is InChI=1S/C18H29NO2/c1-12-6-7-14(10-13(12)2)18(19-3)16-11-15(20-4)8-9-17(16)21-5/h8-9,11-14,18-19H,6-7,10H2,1-5H3. The lowest BCUT2D eigenvalue weighted by Gasteiger charge is -2.37. The van der Waals surface area contributed by atoms with Gasteiger partial charge < -0.3 is 14.8 Å². The van der Waals surface area contributed by atoms with Crippen molar-refractivity contribution in [2.75, 3.05) is 21.3 Å². The first-order chi connectivity index (χ1) is 10.1. The van der Waals surface area contributed by atoms with Crippen LogP contribution in [0.25, 0.3) is 0 Å². The quantitative estimate of drug-likeness (QED) is 0.888. The van der Waals surface area contributed by atoms with Gasteiger partial charge in [-0.3, -0.25) is 0 Å². The van der Waals surface area contributed by atoms with E-state index in [0.717, 1.165) is 23.3 Å². The van der Waals surface area contributed by atoms with Crippen LogP contribution in [0.4, 0.5) is 0 Å². The van der Waals surface area contributed by atoms with Crippen molar-refractivity contribution in [2.45, 2.75) is 39.2 Å². The van der Waals surface area contributed by atoms with Crippen molar-refractivity contribution < 1.29 is 9.47 Å². The minimum atomic E-state index is 0.324. The highest BCUT2D eigenvalue weighted by molar-refractivity contribution is 5.42. The highest BCUT2D eigenvalue weighted by Gasteiger charge is 2.31. The molecule has 1 fully saturated rings. The molecule has 1 aromatic rings. The monoisotopic (exact) mass is 291 g/mol. The van der Waals surface area contributed by atoms with Gasteiger partial charge in [-0.05, 0) is 55.8 Å². The third-order valence-corrected chi connectivity index (χ3v) is 5.19. The summed E-state index contributed by atoms with van der Waals surface area (Å²) < 4.78 is 11.0. The smallest absolute Gasteiger partial charge is 0.123 e. The van der Waals surface area contributed by atoms with E-state index in [-0.39, 0.29) is 0 Å². The Balaban J connectivity index is 2.28. The summed E-state index contributed by atoms with van der Waals surface area (Å²) in [6.07, 6.45) is 3.86. The average Bonchev–Trinajstić information content (AvgIpc) is 2.51. The molecule has 1 N–H and O–H groups in total. The fraction of sp³-hybridized carbons (Fsp3) is 0.667. The topological polar surface area (TPSA) is 30.5 Å². The van der Waals surface area contributed by atoms with Crippen molar-refractivity contribution >= 4 is 0 Å². The van der Waals surface area contributed by atoms with Crippen LogP contribution in [-0.4, -0.2) is 21.3 Å². The summed E-state index contributed by atoms with van der Waals surface area (Å²) in [6.45, 7) is 4.76. The molecule has 0 radical (unpaired) electrons. The predicted molar refractivity (Wildman–Crippen MR) is 87.0 cm³/mol. The third kappa shape index (κ3) is 3.52. The normalized spacial score (nSPS) is 27.2. The average molecular weight is 291 g/mol. The molecule has 1 aliphatic rings. The van der Waals surface area contributed by atoms with Crippen molar-refractivity contribution in [3.8, 4) is 11.5 Å². The van der Waals surface area contributed by atoms with E-state index in [4.69, 9.17) is 9.47 Å². The minimum Gasteiger partial charge on any atom is -0.497 e. The highest BCUT2D eigenvalue weighted by atomic mass is 16.5. The Morgan fingerprint density at radius 1 is 1.10 bits per heavy atom. The van der Waals surface area contributed by atoms with E-state index >= 15 is 0 Å². The van der Waals surface area contributed by atoms with Crippen LogP contribution in [0.2, 0.25) is 0 Å². The molecule has 0 aromatic heterocycles. The number of methoxy groups -OCH3 is 2. The minimum absolute atomic E-state index is 0.324. The van der Waals surface area contributed by atoms with E-state index in [0.29, 0.717) is 12.0 Å². The lowest BCUT2D eigenvalue weighted by Crippen LogP contribution is -2.31. The van der Waals surface area contributed by atoms with Crippen LogP contribution in [-0.2, 0) is 0 Å². The number of ether oxygens (including phenoxy) is 2. The second-order valence-electron chi connectivity index (χ2n) is 6.40.